The second-order valence-corrected chi connectivity index (χ2v) is 8.71. The van der Waals surface area contributed by atoms with Crippen LogP contribution in [0.3, 0.4) is 0 Å². The number of benzene rings is 1. The van der Waals surface area contributed by atoms with Gasteiger partial charge in [0.15, 0.2) is 5.65 Å². The average molecular weight is 443 g/mol. The van der Waals surface area contributed by atoms with Gasteiger partial charge in [-0.2, -0.15) is 0 Å². The highest BCUT2D eigenvalue weighted by Gasteiger charge is 2.26. The number of carbonyl (C=O) groups is 1. The SMILES string of the molecule is Cc1nc(N)c2ccc([C@@H]3CCCN(C(=O)Cn4c(=O)cc(C)c5ccccc54)C3)nc2n1. The third-order valence-electron chi connectivity index (χ3n) is 6.43. The zero-order valence-corrected chi connectivity index (χ0v) is 18.8. The van der Waals surface area contributed by atoms with Crippen LogP contribution in [-0.4, -0.2) is 43.4 Å². The summed E-state index contributed by atoms with van der Waals surface area (Å²) >= 11 is 0. The third-order valence-corrected chi connectivity index (χ3v) is 6.43. The largest absolute Gasteiger partial charge is 0.383 e. The van der Waals surface area contributed by atoms with E-state index in [1.54, 1.807) is 17.6 Å². The molecule has 1 fully saturated rings. The molecule has 1 aromatic carbocycles. The Morgan fingerprint density at radius 2 is 1.91 bits per heavy atom. The number of nitrogen functional groups attached to an aromatic ring is 1. The summed E-state index contributed by atoms with van der Waals surface area (Å²) < 4.78 is 1.57. The number of pyridine rings is 2. The number of fused-ring (bicyclic) bond motifs is 2. The van der Waals surface area contributed by atoms with E-state index in [1.165, 1.54) is 0 Å². The molecular weight excluding hydrogens is 416 g/mol. The number of piperidine rings is 1. The van der Waals surface area contributed by atoms with E-state index in [0.717, 1.165) is 40.4 Å². The molecule has 2 N–H and O–H groups in total. The predicted molar refractivity (Wildman–Crippen MR) is 128 cm³/mol. The van der Waals surface area contributed by atoms with Crippen LogP contribution < -0.4 is 11.3 Å². The Bertz CT molecular complexity index is 1440. The normalized spacial score (nSPS) is 16.4. The van der Waals surface area contributed by atoms with Gasteiger partial charge in [0.1, 0.15) is 18.2 Å². The molecule has 3 aromatic heterocycles. The highest BCUT2D eigenvalue weighted by Crippen LogP contribution is 2.28. The molecule has 1 aliphatic rings. The van der Waals surface area contributed by atoms with Gasteiger partial charge in [-0.25, -0.2) is 15.0 Å². The van der Waals surface area contributed by atoms with Gasteiger partial charge in [-0.3, -0.25) is 14.2 Å². The fourth-order valence-electron chi connectivity index (χ4n) is 4.73. The molecule has 4 heterocycles. The lowest BCUT2D eigenvalue weighted by Gasteiger charge is -2.33. The van der Waals surface area contributed by atoms with Crippen molar-refractivity contribution in [3.8, 4) is 0 Å². The van der Waals surface area contributed by atoms with Gasteiger partial charge in [0.05, 0.1) is 10.9 Å². The first-order valence-electron chi connectivity index (χ1n) is 11.2. The number of likely N-dealkylation sites (tertiary alicyclic amines) is 1. The first-order valence-corrected chi connectivity index (χ1v) is 11.2. The van der Waals surface area contributed by atoms with Crippen molar-refractivity contribution in [3.63, 3.8) is 0 Å². The predicted octanol–water partition coefficient (Wildman–Crippen LogP) is 2.94. The minimum absolute atomic E-state index is 0.0282. The van der Waals surface area contributed by atoms with Gasteiger partial charge < -0.3 is 10.6 Å². The van der Waals surface area contributed by atoms with Gasteiger partial charge in [0.25, 0.3) is 5.56 Å². The van der Waals surface area contributed by atoms with Crippen molar-refractivity contribution >= 4 is 33.7 Å². The number of nitrogens with two attached hydrogens (primary N) is 1. The number of carbonyl (C=O) groups excluding carboxylic acids is 1. The molecular formula is C25H26N6O2. The minimum atomic E-state index is -0.156. The summed E-state index contributed by atoms with van der Waals surface area (Å²) in [5.74, 6) is 1.06. The molecule has 0 unspecified atom stereocenters. The zero-order chi connectivity index (χ0) is 23.1. The van der Waals surface area contributed by atoms with Crippen molar-refractivity contribution in [2.24, 2.45) is 0 Å². The lowest BCUT2D eigenvalue weighted by atomic mass is 9.94. The Hall–Kier alpha value is -3.81. The molecule has 1 aliphatic heterocycles. The lowest BCUT2D eigenvalue weighted by molar-refractivity contribution is -0.133. The first-order chi connectivity index (χ1) is 15.9. The van der Waals surface area contributed by atoms with Crippen LogP contribution >= 0.6 is 0 Å². The first kappa shape index (κ1) is 21.1. The van der Waals surface area contributed by atoms with E-state index in [1.807, 2.05) is 48.2 Å². The number of para-hydroxylation sites is 1. The van der Waals surface area contributed by atoms with Crippen LogP contribution in [0.15, 0.2) is 47.3 Å². The number of nitrogens with zero attached hydrogens (tertiary/aromatic N) is 5. The van der Waals surface area contributed by atoms with Crippen molar-refractivity contribution in [3.05, 3.63) is 69.9 Å². The van der Waals surface area contributed by atoms with Gasteiger partial charge in [-0.1, -0.05) is 18.2 Å². The molecule has 1 amide bonds. The number of amides is 1. The topological polar surface area (TPSA) is 107 Å². The molecule has 8 heteroatoms. The van der Waals surface area contributed by atoms with E-state index in [-0.39, 0.29) is 23.9 Å². The molecule has 5 rings (SSSR count). The van der Waals surface area contributed by atoms with E-state index in [9.17, 15) is 9.59 Å². The maximum Gasteiger partial charge on any atom is 0.251 e. The van der Waals surface area contributed by atoms with Crippen LogP contribution in [0.2, 0.25) is 0 Å². The van der Waals surface area contributed by atoms with Crippen molar-refractivity contribution in [1.82, 2.24) is 24.4 Å². The Labute approximate surface area is 191 Å². The van der Waals surface area contributed by atoms with Gasteiger partial charge in [-0.05, 0) is 50.5 Å². The van der Waals surface area contributed by atoms with E-state index in [4.69, 9.17) is 10.7 Å². The molecule has 1 saturated heterocycles. The average Bonchev–Trinajstić information content (AvgIpc) is 2.81. The second kappa shape index (κ2) is 8.27. The second-order valence-electron chi connectivity index (χ2n) is 8.71. The quantitative estimate of drug-likeness (QED) is 0.523. The minimum Gasteiger partial charge on any atom is -0.383 e. The Kier molecular flexibility index (Phi) is 5.28. The van der Waals surface area contributed by atoms with E-state index in [2.05, 4.69) is 9.97 Å². The molecule has 1 atom stereocenters. The van der Waals surface area contributed by atoms with Crippen LogP contribution in [0.4, 0.5) is 5.82 Å². The number of hydrogen-bond donors (Lipinski definition) is 1. The highest BCUT2D eigenvalue weighted by atomic mass is 16.2. The molecule has 0 spiro atoms. The molecule has 0 radical (unpaired) electrons. The summed E-state index contributed by atoms with van der Waals surface area (Å²) in [6.45, 7) is 4.98. The van der Waals surface area contributed by atoms with Gasteiger partial charge in [-0.15, -0.1) is 0 Å². The lowest BCUT2D eigenvalue weighted by Crippen LogP contribution is -2.42. The van der Waals surface area contributed by atoms with Crippen LogP contribution in [-0.2, 0) is 11.3 Å². The zero-order valence-electron chi connectivity index (χ0n) is 18.8. The molecule has 0 bridgehead atoms. The van der Waals surface area contributed by atoms with Crippen LogP contribution in [0.25, 0.3) is 21.9 Å². The smallest absolute Gasteiger partial charge is 0.251 e. The van der Waals surface area contributed by atoms with E-state index >= 15 is 0 Å². The monoisotopic (exact) mass is 442 g/mol. The fourth-order valence-corrected chi connectivity index (χ4v) is 4.73. The molecule has 8 nitrogen and oxygen atoms in total. The summed E-state index contributed by atoms with van der Waals surface area (Å²) in [6, 6.07) is 13.2. The van der Waals surface area contributed by atoms with E-state index < -0.39 is 0 Å². The van der Waals surface area contributed by atoms with Crippen LogP contribution in [0.5, 0.6) is 0 Å². The standard InChI is InChI=1S/C25H26N6O2/c1-15-12-22(32)31(21-8-4-3-7-18(15)21)14-23(33)30-11-5-6-17(13-30)20-10-9-19-24(26)27-16(2)28-25(19)29-20/h3-4,7-10,12,17H,5-6,11,13-14H2,1-2H3,(H2,26,27,28,29)/t17-/m1/s1. The molecule has 0 aliphatic carbocycles. The summed E-state index contributed by atoms with van der Waals surface area (Å²) in [4.78, 5) is 41.1. The number of hydrogen-bond acceptors (Lipinski definition) is 6. The third kappa shape index (κ3) is 3.92. The van der Waals surface area contributed by atoms with Gasteiger partial charge >= 0.3 is 0 Å². The molecule has 168 valence electrons. The maximum atomic E-state index is 13.2. The number of aromatic nitrogens is 4. The van der Waals surface area contributed by atoms with Crippen LogP contribution in [0.1, 0.15) is 35.8 Å². The van der Waals surface area contributed by atoms with Crippen molar-refractivity contribution < 1.29 is 4.79 Å². The van der Waals surface area contributed by atoms with Crippen molar-refractivity contribution in [2.75, 3.05) is 18.8 Å². The van der Waals surface area contributed by atoms with Crippen molar-refractivity contribution in [1.29, 1.82) is 0 Å². The van der Waals surface area contributed by atoms with Gasteiger partial charge in [0.2, 0.25) is 5.91 Å². The Morgan fingerprint density at radius 1 is 1.09 bits per heavy atom. The summed E-state index contributed by atoms with van der Waals surface area (Å²) in [5, 5.41) is 1.72. The fraction of sp³-hybridized carbons (Fsp3) is 0.320. The summed E-state index contributed by atoms with van der Waals surface area (Å²) in [5.41, 5.74) is 9.04. The van der Waals surface area contributed by atoms with Crippen LogP contribution in [0, 0.1) is 13.8 Å². The number of rotatable bonds is 3. The van der Waals surface area contributed by atoms with Crippen molar-refractivity contribution in [2.45, 2.75) is 39.2 Å². The molecule has 4 aromatic rings. The van der Waals surface area contributed by atoms with E-state index in [0.29, 0.717) is 30.4 Å². The maximum absolute atomic E-state index is 13.2. The highest BCUT2D eigenvalue weighted by molar-refractivity contribution is 5.86. The summed E-state index contributed by atoms with van der Waals surface area (Å²) in [6.07, 6.45) is 1.82. The Balaban J connectivity index is 1.40. The number of aryl methyl sites for hydroxylation is 2. The molecule has 0 saturated carbocycles. The Morgan fingerprint density at radius 3 is 2.76 bits per heavy atom. The van der Waals surface area contributed by atoms with Gasteiger partial charge in [0, 0.05) is 36.2 Å². The molecule has 33 heavy (non-hydrogen) atoms. The number of anilines is 1. The summed E-state index contributed by atoms with van der Waals surface area (Å²) in [7, 11) is 0.